The van der Waals surface area contributed by atoms with Gasteiger partial charge in [-0.25, -0.2) is 4.79 Å². The first-order valence-corrected chi connectivity index (χ1v) is 12.8. The Balaban J connectivity index is 1.39. The predicted molar refractivity (Wildman–Crippen MR) is 138 cm³/mol. The Bertz CT molecular complexity index is 1040. The first-order valence-electron chi connectivity index (χ1n) is 12.1. The number of nitrogens with zero attached hydrogens (tertiary/aromatic N) is 1. The number of halogens is 2. The number of aliphatic hydroxyl groups excluding tert-OH is 1. The van der Waals surface area contributed by atoms with Gasteiger partial charge in [-0.15, -0.1) is 0 Å². The second-order valence-electron chi connectivity index (χ2n) is 9.28. The summed E-state index contributed by atoms with van der Waals surface area (Å²) in [7, 11) is 0. The van der Waals surface area contributed by atoms with E-state index in [0.717, 1.165) is 5.56 Å². The van der Waals surface area contributed by atoms with Crippen molar-refractivity contribution in [3.05, 3.63) is 64.1 Å². The van der Waals surface area contributed by atoms with Crippen LogP contribution < -0.4 is 10.6 Å². The summed E-state index contributed by atoms with van der Waals surface area (Å²) in [6, 6.07) is 13.7. The summed E-state index contributed by atoms with van der Waals surface area (Å²) in [5, 5.41) is 17.0. The van der Waals surface area contributed by atoms with Crippen LogP contribution in [-0.4, -0.2) is 66.1 Å². The Morgan fingerprint density at radius 3 is 2.56 bits per heavy atom. The van der Waals surface area contributed by atoms with E-state index < -0.39 is 12.2 Å². The summed E-state index contributed by atoms with van der Waals surface area (Å²) in [5.74, 6) is -0.0931. The molecule has 2 fully saturated rings. The van der Waals surface area contributed by atoms with Crippen molar-refractivity contribution in [2.24, 2.45) is 0 Å². The smallest absolute Gasteiger partial charge is 0.322 e. The minimum absolute atomic E-state index is 0.0824. The van der Waals surface area contributed by atoms with Crippen LogP contribution in [0, 0.1) is 0 Å². The second-order valence-corrected chi connectivity index (χ2v) is 10.2. The van der Waals surface area contributed by atoms with Crippen molar-refractivity contribution >= 4 is 40.8 Å². The van der Waals surface area contributed by atoms with Crippen LogP contribution in [0.25, 0.3) is 0 Å². The minimum atomic E-state index is -0.831. The highest BCUT2D eigenvalue weighted by Gasteiger charge is 2.40. The average Bonchev–Trinajstić information content (AvgIpc) is 2.81. The van der Waals surface area contributed by atoms with E-state index in [1.165, 1.54) is 0 Å². The van der Waals surface area contributed by atoms with Gasteiger partial charge in [0.05, 0.1) is 50.5 Å². The lowest BCUT2D eigenvalue weighted by Gasteiger charge is -2.44. The molecule has 5 atom stereocenters. The molecule has 2 aliphatic heterocycles. The number of amides is 3. The van der Waals surface area contributed by atoms with Crippen molar-refractivity contribution in [3.8, 4) is 0 Å². The summed E-state index contributed by atoms with van der Waals surface area (Å²) >= 11 is 12.1. The SMILES string of the molecule is C[C@H](NC(=O)C[C@@H]1CC[C@@H]2[C@H](COC[C@H](O)CN2C(=O)Nc2cc(Cl)cc(Cl)c2)O1)c1ccccc1. The summed E-state index contributed by atoms with van der Waals surface area (Å²) < 4.78 is 11.9. The fourth-order valence-electron chi connectivity index (χ4n) is 4.73. The molecule has 2 saturated heterocycles. The summed E-state index contributed by atoms with van der Waals surface area (Å²) in [4.78, 5) is 27.5. The van der Waals surface area contributed by atoms with Gasteiger partial charge in [0.15, 0.2) is 0 Å². The van der Waals surface area contributed by atoms with E-state index in [-0.39, 0.29) is 56.3 Å². The predicted octanol–water partition coefficient (Wildman–Crippen LogP) is 4.40. The van der Waals surface area contributed by atoms with E-state index in [9.17, 15) is 14.7 Å². The topological polar surface area (TPSA) is 100 Å². The molecular weight excluding hydrogens is 505 g/mol. The number of anilines is 1. The molecule has 3 amide bonds. The first-order chi connectivity index (χ1) is 17.3. The number of fused-ring (bicyclic) bond motifs is 1. The van der Waals surface area contributed by atoms with Crippen molar-refractivity contribution in [1.29, 1.82) is 0 Å². The molecule has 0 spiro atoms. The van der Waals surface area contributed by atoms with Gasteiger partial charge in [-0.05, 0) is 43.5 Å². The molecule has 4 rings (SSSR count). The third-order valence-corrected chi connectivity index (χ3v) is 6.88. The van der Waals surface area contributed by atoms with Gasteiger partial charge in [0.2, 0.25) is 5.91 Å². The van der Waals surface area contributed by atoms with Crippen LogP contribution >= 0.6 is 23.2 Å². The number of urea groups is 1. The zero-order valence-electron chi connectivity index (χ0n) is 20.0. The van der Waals surface area contributed by atoms with Gasteiger partial charge in [-0.2, -0.15) is 0 Å². The van der Waals surface area contributed by atoms with E-state index in [2.05, 4.69) is 10.6 Å². The maximum Gasteiger partial charge on any atom is 0.322 e. The lowest BCUT2D eigenvalue weighted by molar-refractivity contribution is -0.150. The maximum atomic E-state index is 13.2. The largest absolute Gasteiger partial charge is 0.389 e. The molecule has 3 N–H and O–H groups in total. The Kier molecular flexibility index (Phi) is 9.09. The van der Waals surface area contributed by atoms with Crippen LogP contribution in [0.3, 0.4) is 0 Å². The summed E-state index contributed by atoms with van der Waals surface area (Å²) in [6.45, 7) is 2.33. The highest BCUT2D eigenvalue weighted by molar-refractivity contribution is 6.35. The molecule has 0 radical (unpaired) electrons. The molecule has 2 aromatic carbocycles. The normalized spacial score (nSPS) is 25.2. The highest BCUT2D eigenvalue weighted by atomic mass is 35.5. The molecule has 0 saturated carbocycles. The van der Waals surface area contributed by atoms with E-state index >= 15 is 0 Å². The van der Waals surface area contributed by atoms with E-state index in [0.29, 0.717) is 28.6 Å². The monoisotopic (exact) mass is 535 g/mol. The van der Waals surface area contributed by atoms with Gasteiger partial charge >= 0.3 is 6.03 Å². The van der Waals surface area contributed by atoms with Crippen molar-refractivity contribution < 1.29 is 24.2 Å². The Labute approximate surface area is 220 Å². The number of hydrogen-bond donors (Lipinski definition) is 3. The fourth-order valence-corrected chi connectivity index (χ4v) is 5.25. The number of benzene rings is 2. The standard InChI is InChI=1S/C26H31Cl2N3O5/c1-16(17-5-3-2-4-6-17)29-25(33)12-22-7-8-23-24(36-22)15-35-14-21(32)13-31(23)26(34)30-20-10-18(27)9-19(28)11-20/h2-6,9-11,16,21-24,32H,7-8,12-15H2,1H3,(H,29,33)(H,30,34)/t16-,21+,22-,23+,24-/m0/s1. The van der Waals surface area contributed by atoms with Crippen LogP contribution in [0.4, 0.5) is 10.5 Å². The zero-order valence-corrected chi connectivity index (χ0v) is 21.5. The average molecular weight is 536 g/mol. The van der Waals surface area contributed by atoms with Crippen LogP contribution in [0.5, 0.6) is 0 Å². The summed E-state index contributed by atoms with van der Waals surface area (Å²) in [5.41, 5.74) is 1.49. The molecule has 0 aromatic heterocycles. The van der Waals surface area contributed by atoms with Gasteiger partial charge in [0.25, 0.3) is 0 Å². The van der Waals surface area contributed by atoms with E-state index in [1.807, 2.05) is 37.3 Å². The van der Waals surface area contributed by atoms with Crippen molar-refractivity contribution in [3.63, 3.8) is 0 Å². The molecule has 2 heterocycles. The molecule has 0 bridgehead atoms. The summed E-state index contributed by atoms with van der Waals surface area (Å²) in [6.07, 6.45) is -0.130. The fraction of sp³-hybridized carbons (Fsp3) is 0.462. The van der Waals surface area contributed by atoms with Gasteiger partial charge in [0, 0.05) is 15.7 Å². The molecule has 36 heavy (non-hydrogen) atoms. The zero-order chi connectivity index (χ0) is 25.7. The second kappa shape index (κ2) is 12.3. The molecule has 0 aliphatic carbocycles. The van der Waals surface area contributed by atoms with Gasteiger partial charge in [-0.1, -0.05) is 53.5 Å². The number of ether oxygens (including phenoxy) is 2. The Morgan fingerprint density at radius 2 is 1.83 bits per heavy atom. The van der Waals surface area contributed by atoms with E-state index in [1.54, 1.807) is 23.1 Å². The van der Waals surface area contributed by atoms with Gasteiger partial charge in [-0.3, -0.25) is 4.79 Å². The molecule has 194 valence electrons. The first kappa shape index (κ1) is 26.7. The van der Waals surface area contributed by atoms with Gasteiger partial charge < -0.3 is 30.1 Å². The molecule has 2 aromatic rings. The highest BCUT2D eigenvalue weighted by Crippen LogP contribution is 2.29. The number of aliphatic hydroxyl groups is 1. The minimum Gasteiger partial charge on any atom is -0.389 e. The molecule has 0 unspecified atom stereocenters. The third-order valence-electron chi connectivity index (χ3n) is 6.45. The number of β-amino-alcohol motifs (C(OH)–C–C–N with tert-alkyl or cyclic N) is 1. The Morgan fingerprint density at radius 1 is 1.11 bits per heavy atom. The number of rotatable bonds is 5. The number of carbonyl (C=O) groups excluding carboxylic acids is 2. The quantitative estimate of drug-likeness (QED) is 0.526. The van der Waals surface area contributed by atoms with Gasteiger partial charge in [0.1, 0.15) is 6.10 Å². The van der Waals surface area contributed by atoms with Crippen LogP contribution in [-0.2, 0) is 14.3 Å². The molecule has 8 nitrogen and oxygen atoms in total. The third kappa shape index (κ3) is 7.11. The Hall–Kier alpha value is -2.36. The van der Waals surface area contributed by atoms with Crippen LogP contribution in [0.1, 0.15) is 37.8 Å². The maximum absolute atomic E-state index is 13.2. The van der Waals surface area contributed by atoms with E-state index in [4.69, 9.17) is 32.7 Å². The number of nitrogens with one attached hydrogen (secondary N) is 2. The molecular formula is C26H31Cl2N3O5. The van der Waals surface area contributed by atoms with Crippen molar-refractivity contribution in [1.82, 2.24) is 10.2 Å². The lowest BCUT2D eigenvalue weighted by atomic mass is 9.94. The number of hydrogen-bond acceptors (Lipinski definition) is 5. The van der Waals surface area contributed by atoms with Crippen molar-refractivity contribution in [2.45, 2.75) is 56.6 Å². The molecule has 10 heteroatoms. The lowest BCUT2D eigenvalue weighted by Crippen LogP contribution is -2.58. The van der Waals surface area contributed by atoms with Crippen molar-refractivity contribution in [2.75, 3.05) is 25.1 Å². The van der Waals surface area contributed by atoms with Crippen LogP contribution in [0.2, 0.25) is 10.0 Å². The molecule has 2 aliphatic rings. The number of carbonyl (C=O) groups is 2. The van der Waals surface area contributed by atoms with Crippen LogP contribution in [0.15, 0.2) is 48.5 Å².